The van der Waals surface area contributed by atoms with E-state index in [2.05, 4.69) is 50.0 Å². The molecule has 0 amide bonds. The molecule has 0 spiro atoms. The first-order valence-corrected chi connectivity index (χ1v) is 8.43. The van der Waals surface area contributed by atoms with E-state index in [1.165, 1.54) is 11.6 Å². The molecule has 0 atom stereocenters. The highest BCUT2D eigenvalue weighted by molar-refractivity contribution is 9.10. The lowest BCUT2D eigenvalue weighted by molar-refractivity contribution is 0.121. The third kappa shape index (κ3) is 3.94. The molecule has 1 heterocycles. The lowest BCUT2D eigenvalue weighted by Gasteiger charge is -2.35. The second-order valence-electron chi connectivity index (χ2n) is 5.74. The van der Waals surface area contributed by atoms with Gasteiger partial charge in [0, 0.05) is 49.3 Å². The van der Waals surface area contributed by atoms with Crippen molar-refractivity contribution in [2.45, 2.75) is 13.1 Å². The maximum Gasteiger partial charge on any atom is 0.128 e. The molecule has 2 aromatic rings. The quantitative estimate of drug-likeness (QED) is 0.813. The fourth-order valence-electron chi connectivity index (χ4n) is 2.85. The molecule has 0 unspecified atom stereocenters. The molecule has 0 bridgehead atoms. The minimum Gasteiger partial charge on any atom is -0.297 e. The maximum absolute atomic E-state index is 13.9. The minimum atomic E-state index is -0.124. The van der Waals surface area contributed by atoms with Gasteiger partial charge in [0.1, 0.15) is 5.82 Å². The van der Waals surface area contributed by atoms with E-state index in [4.69, 9.17) is 0 Å². The fourth-order valence-corrected chi connectivity index (χ4v) is 3.32. The van der Waals surface area contributed by atoms with Crippen LogP contribution in [0.5, 0.6) is 0 Å². The van der Waals surface area contributed by atoms with Gasteiger partial charge in [0.15, 0.2) is 0 Å². The highest BCUT2D eigenvalue weighted by atomic mass is 79.9. The molecule has 0 aliphatic carbocycles. The van der Waals surface area contributed by atoms with E-state index in [-0.39, 0.29) is 5.82 Å². The Morgan fingerprint density at radius 1 is 0.818 bits per heavy atom. The Hall–Kier alpha value is -1.23. The summed E-state index contributed by atoms with van der Waals surface area (Å²) in [4.78, 5) is 4.78. The van der Waals surface area contributed by atoms with E-state index in [1.54, 1.807) is 6.07 Å². The van der Waals surface area contributed by atoms with Crippen molar-refractivity contribution in [2.24, 2.45) is 0 Å². The SMILES string of the molecule is Fc1cccc(Br)c1CN1CCN(Cc2ccccc2)CC1. The monoisotopic (exact) mass is 362 g/mol. The molecule has 0 saturated carbocycles. The lowest BCUT2D eigenvalue weighted by atomic mass is 10.1. The standard InChI is InChI=1S/C18H20BrFN2/c19-17-7-4-8-18(20)16(17)14-22-11-9-21(10-12-22)13-15-5-2-1-3-6-15/h1-8H,9-14H2. The Bertz CT molecular complexity index is 589. The molecule has 1 fully saturated rings. The fraction of sp³-hybridized carbons (Fsp3) is 0.333. The summed E-state index contributed by atoms with van der Waals surface area (Å²) in [5, 5.41) is 0. The Balaban J connectivity index is 1.54. The smallest absolute Gasteiger partial charge is 0.128 e. The summed E-state index contributed by atoms with van der Waals surface area (Å²) < 4.78 is 14.8. The van der Waals surface area contributed by atoms with E-state index in [1.807, 2.05) is 12.1 Å². The van der Waals surface area contributed by atoms with Crippen LogP contribution in [0, 0.1) is 5.82 Å². The average Bonchev–Trinajstić information content (AvgIpc) is 2.54. The molecule has 2 aromatic carbocycles. The molecule has 3 rings (SSSR count). The molecule has 0 N–H and O–H groups in total. The molecule has 22 heavy (non-hydrogen) atoms. The first kappa shape index (κ1) is 15.7. The van der Waals surface area contributed by atoms with Gasteiger partial charge in [-0.1, -0.05) is 52.3 Å². The predicted octanol–water partition coefficient (Wildman–Crippen LogP) is 3.91. The van der Waals surface area contributed by atoms with Crippen LogP contribution in [0.3, 0.4) is 0 Å². The average molecular weight is 363 g/mol. The van der Waals surface area contributed by atoms with Gasteiger partial charge in [0.25, 0.3) is 0 Å². The van der Waals surface area contributed by atoms with Crippen LogP contribution in [-0.4, -0.2) is 36.0 Å². The number of benzene rings is 2. The molecule has 2 nitrogen and oxygen atoms in total. The number of hydrogen-bond donors (Lipinski definition) is 0. The minimum absolute atomic E-state index is 0.124. The van der Waals surface area contributed by atoms with Gasteiger partial charge < -0.3 is 0 Å². The van der Waals surface area contributed by atoms with Crippen LogP contribution in [-0.2, 0) is 13.1 Å². The number of rotatable bonds is 4. The van der Waals surface area contributed by atoms with Gasteiger partial charge in [-0.25, -0.2) is 4.39 Å². The van der Waals surface area contributed by atoms with Crippen molar-refractivity contribution < 1.29 is 4.39 Å². The van der Waals surface area contributed by atoms with Crippen molar-refractivity contribution in [1.82, 2.24) is 9.80 Å². The van der Waals surface area contributed by atoms with Crippen LogP contribution >= 0.6 is 15.9 Å². The first-order chi connectivity index (χ1) is 10.7. The van der Waals surface area contributed by atoms with Gasteiger partial charge in [0.2, 0.25) is 0 Å². The molecule has 1 aliphatic heterocycles. The summed E-state index contributed by atoms with van der Waals surface area (Å²) in [6.07, 6.45) is 0. The topological polar surface area (TPSA) is 6.48 Å². The zero-order valence-electron chi connectivity index (χ0n) is 12.5. The van der Waals surface area contributed by atoms with Crippen molar-refractivity contribution in [2.75, 3.05) is 26.2 Å². The van der Waals surface area contributed by atoms with E-state index in [0.717, 1.165) is 42.8 Å². The number of nitrogens with zero attached hydrogens (tertiary/aromatic N) is 2. The van der Waals surface area contributed by atoms with Gasteiger partial charge in [-0.3, -0.25) is 9.80 Å². The van der Waals surface area contributed by atoms with Crippen molar-refractivity contribution in [1.29, 1.82) is 0 Å². The van der Waals surface area contributed by atoms with E-state index in [0.29, 0.717) is 6.54 Å². The van der Waals surface area contributed by atoms with Crippen molar-refractivity contribution in [3.63, 3.8) is 0 Å². The molecule has 0 aromatic heterocycles. The third-order valence-corrected chi connectivity index (χ3v) is 4.90. The van der Waals surface area contributed by atoms with Crippen LogP contribution in [0.4, 0.5) is 4.39 Å². The zero-order valence-corrected chi connectivity index (χ0v) is 14.1. The first-order valence-electron chi connectivity index (χ1n) is 7.64. The van der Waals surface area contributed by atoms with E-state index < -0.39 is 0 Å². The second kappa shape index (κ2) is 7.36. The zero-order chi connectivity index (χ0) is 15.4. The molecule has 0 radical (unpaired) electrons. The third-order valence-electron chi connectivity index (χ3n) is 4.16. The van der Waals surface area contributed by atoms with Crippen LogP contribution in [0.2, 0.25) is 0 Å². The number of hydrogen-bond acceptors (Lipinski definition) is 2. The number of piperazine rings is 1. The Morgan fingerprint density at radius 2 is 1.45 bits per heavy atom. The maximum atomic E-state index is 13.9. The second-order valence-corrected chi connectivity index (χ2v) is 6.59. The summed E-state index contributed by atoms with van der Waals surface area (Å²) >= 11 is 3.45. The highest BCUT2D eigenvalue weighted by Gasteiger charge is 2.19. The van der Waals surface area contributed by atoms with Gasteiger partial charge in [-0.2, -0.15) is 0 Å². The molecule has 4 heteroatoms. The van der Waals surface area contributed by atoms with Crippen molar-refractivity contribution in [3.8, 4) is 0 Å². The summed E-state index contributed by atoms with van der Waals surface area (Å²) in [6, 6.07) is 15.7. The van der Waals surface area contributed by atoms with E-state index >= 15 is 0 Å². The van der Waals surface area contributed by atoms with Crippen LogP contribution in [0.25, 0.3) is 0 Å². The normalized spacial score (nSPS) is 16.8. The molecule has 116 valence electrons. The largest absolute Gasteiger partial charge is 0.297 e. The van der Waals surface area contributed by atoms with Crippen LogP contribution < -0.4 is 0 Å². The van der Waals surface area contributed by atoms with Gasteiger partial charge in [0.05, 0.1) is 0 Å². The van der Waals surface area contributed by atoms with Gasteiger partial charge >= 0.3 is 0 Å². The summed E-state index contributed by atoms with van der Waals surface area (Å²) in [5.41, 5.74) is 2.12. The summed E-state index contributed by atoms with van der Waals surface area (Å²) in [7, 11) is 0. The highest BCUT2D eigenvalue weighted by Crippen LogP contribution is 2.22. The predicted molar refractivity (Wildman–Crippen MR) is 91.1 cm³/mol. The van der Waals surface area contributed by atoms with Crippen molar-refractivity contribution in [3.05, 3.63) is 69.9 Å². The van der Waals surface area contributed by atoms with Crippen molar-refractivity contribution >= 4 is 15.9 Å². The number of halogens is 2. The van der Waals surface area contributed by atoms with Gasteiger partial charge in [-0.05, 0) is 17.7 Å². The Morgan fingerprint density at radius 3 is 2.09 bits per heavy atom. The van der Waals surface area contributed by atoms with E-state index in [9.17, 15) is 4.39 Å². The van der Waals surface area contributed by atoms with Crippen LogP contribution in [0.1, 0.15) is 11.1 Å². The van der Waals surface area contributed by atoms with Gasteiger partial charge in [-0.15, -0.1) is 0 Å². The molecular weight excluding hydrogens is 343 g/mol. The Labute approximate surface area is 139 Å². The summed E-state index contributed by atoms with van der Waals surface area (Å²) in [5.74, 6) is -0.124. The molecular formula is C18H20BrFN2. The molecule has 1 saturated heterocycles. The summed E-state index contributed by atoms with van der Waals surface area (Å²) in [6.45, 7) is 5.69. The molecule has 1 aliphatic rings. The van der Waals surface area contributed by atoms with Crippen LogP contribution in [0.15, 0.2) is 53.0 Å². The Kier molecular flexibility index (Phi) is 5.24. The lowest BCUT2D eigenvalue weighted by Crippen LogP contribution is -2.45.